The fourth-order valence-electron chi connectivity index (χ4n) is 2.18. The molecule has 0 radical (unpaired) electrons. The van der Waals surface area contributed by atoms with Crippen LogP contribution in [0, 0.1) is 3.57 Å². The average Bonchev–Trinajstić information content (AvgIpc) is 2.93. The first-order valence-electron chi connectivity index (χ1n) is 6.62. The lowest BCUT2D eigenvalue weighted by molar-refractivity contribution is 0.122. The Bertz CT molecular complexity index is 535. The number of hydrogen-bond acceptors (Lipinski definition) is 3. The number of hydrogen-bond donors (Lipinski definition) is 1. The number of benzene rings is 1. The second-order valence-electron chi connectivity index (χ2n) is 4.88. The van der Waals surface area contributed by atoms with Crippen molar-refractivity contribution in [2.75, 3.05) is 13.7 Å². The zero-order chi connectivity index (χ0) is 14.5. The topological polar surface area (TPSA) is 38.7 Å². The van der Waals surface area contributed by atoms with Gasteiger partial charge in [-0.1, -0.05) is 23.8 Å². The second-order valence-corrected chi connectivity index (χ2v) is 6.05. The van der Waals surface area contributed by atoms with Crippen molar-refractivity contribution in [1.82, 2.24) is 0 Å². The molecular weight excluding hydrogens is 367 g/mol. The van der Waals surface area contributed by atoms with Crippen LogP contribution in [0.1, 0.15) is 25.3 Å². The van der Waals surface area contributed by atoms with E-state index in [0.29, 0.717) is 5.75 Å². The van der Waals surface area contributed by atoms with E-state index in [1.165, 1.54) is 5.57 Å². The molecule has 1 aliphatic heterocycles. The summed E-state index contributed by atoms with van der Waals surface area (Å²) < 4.78 is 11.5. The molecule has 20 heavy (non-hydrogen) atoms. The molecule has 0 aliphatic carbocycles. The third kappa shape index (κ3) is 3.99. The SMILES string of the molecule is COc1cc(/C=C(\C)CC[C@@H]2C=CCO2)cc(I)c1O. The van der Waals surface area contributed by atoms with Gasteiger partial charge in [0.15, 0.2) is 11.5 Å². The lowest BCUT2D eigenvalue weighted by Gasteiger charge is -2.09. The van der Waals surface area contributed by atoms with Crippen molar-refractivity contribution >= 4 is 28.7 Å². The van der Waals surface area contributed by atoms with E-state index in [2.05, 4.69) is 47.7 Å². The number of ether oxygens (including phenoxy) is 2. The molecule has 0 aromatic heterocycles. The molecule has 0 bridgehead atoms. The third-order valence-electron chi connectivity index (χ3n) is 3.26. The van der Waals surface area contributed by atoms with E-state index in [9.17, 15) is 5.11 Å². The zero-order valence-corrected chi connectivity index (χ0v) is 13.9. The van der Waals surface area contributed by atoms with Crippen molar-refractivity contribution < 1.29 is 14.6 Å². The number of halogens is 1. The molecule has 0 unspecified atom stereocenters. The average molecular weight is 386 g/mol. The summed E-state index contributed by atoms with van der Waals surface area (Å²) in [5.41, 5.74) is 2.34. The number of aromatic hydroxyl groups is 1. The Hall–Kier alpha value is -1.01. The highest BCUT2D eigenvalue weighted by Crippen LogP contribution is 2.33. The molecule has 3 nitrogen and oxygen atoms in total. The van der Waals surface area contributed by atoms with Gasteiger partial charge in [-0.3, -0.25) is 0 Å². The lowest BCUT2D eigenvalue weighted by atomic mass is 10.0. The molecule has 2 rings (SSSR count). The van der Waals surface area contributed by atoms with E-state index in [-0.39, 0.29) is 11.9 Å². The zero-order valence-electron chi connectivity index (χ0n) is 11.7. The minimum absolute atomic E-state index is 0.201. The summed E-state index contributed by atoms with van der Waals surface area (Å²) in [5.74, 6) is 0.713. The smallest absolute Gasteiger partial charge is 0.171 e. The Balaban J connectivity index is 2.05. The Labute approximate surface area is 133 Å². The van der Waals surface area contributed by atoms with Gasteiger partial charge in [0, 0.05) is 0 Å². The molecule has 4 heteroatoms. The summed E-state index contributed by atoms with van der Waals surface area (Å²) in [6.45, 7) is 2.85. The van der Waals surface area contributed by atoms with Gasteiger partial charge >= 0.3 is 0 Å². The number of methoxy groups -OCH3 is 1. The number of rotatable bonds is 5. The molecule has 0 saturated heterocycles. The molecular formula is C16H19IO3. The number of phenolic OH excluding ortho intramolecular Hbond substituents is 1. The maximum absolute atomic E-state index is 9.83. The second kappa shape index (κ2) is 7.13. The van der Waals surface area contributed by atoms with E-state index in [0.717, 1.165) is 28.6 Å². The highest BCUT2D eigenvalue weighted by Gasteiger charge is 2.10. The van der Waals surface area contributed by atoms with Gasteiger partial charge in [0.1, 0.15) is 0 Å². The maximum atomic E-state index is 9.83. The van der Waals surface area contributed by atoms with Gasteiger partial charge < -0.3 is 14.6 Å². The summed E-state index contributed by atoms with van der Waals surface area (Å²) in [7, 11) is 1.56. The summed E-state index contributed by atoms with van der Waals surface area (Å²) in [6.07, 6.45) is 8.58. The van der Waals surface area contributed by atoms with Gasteiger partial charge in [0.2, 0.25) is 0 Å². The van der Waals surface area contributed by atoms with Crippen molar-refractivity contribution in [3.05, 3.63) is 39.0 Å². The van der Waals surface area contributed by atoms with Crippen LogP contribution in [0.25, 0.3) is 6.08 Å². The summed E-state index contributed by atoms with van der Waals surface area (Å²) in [6, 6.07) is 3.81. The van der Waals surface area contributed by atoms with Gasteiger partial charge in [-0.25, -0.2) is 0 Å². The first-order chi connectivity index (χ1) is 9.60. The van der Waals surface area contributed by atoms with Crippen LogP contribution < -0.4 is 4.74 Å². The molecule has 1 atom stereocenters. The number of allylic oxidation sites excluding steroid dienone is 1. The molecule has 1 aromatic rings. The van der Waals surface area contributed by atoms with Gasteiger partial charge in [-0.05, 0) is 60.1 Å². The molecule has 108 valence electrons. The highest BCUT2D eigenvalue weighted by atomic mass is 127. The van der Waals surface area contributed by atoms with Crippen LogP contribution in [0.3, 0.4) is 0 Å². The van der Waals surface area contributed by atoms with Crippen molar-refractivity contribution in [1.29, 1.82) is 0 Å². The third-order valence-corrected chi connectivity index (χ3v) is 4.09. The fourth-order valence-corrected chi connectivity index (χ4v) is 2.81. The molecule has 1 heterocycles. The van der Waals surface area contributed by atoms with Crippen molar-refractivity contribution in [3.8, 4) is 11.5 Å². The molecule has 0 fully saturated rings. The quantitative estimate of drug-likeness (QED) is 0.611. The molecule has 1 aliphatic rings. The van der Waals surface area contributed by atoms with Crippen LogP contribution in [-0.4, -0.2) is 24.9 Å². The molecule has 0 spiro atoms. The van der Waals surface area contributed by atoms with Gasteiger partial charge in [0.05, 0.1) is 23.4 Å². The monoisotopic (exact) mass is 386 g/mol. The minimum Gasteiger partial charge on any atom is -0.504 e. The Morgan fingerprint density at radius 3 is 3.00 bits per heavy atom. The molecule has 0 amide bonds. The van der Waals surface area contributed by atoms with E-state index in [4.69, 9.17) is 9.47 Å². The van der Waals surface area contributed by atoms with Crippen LogP contribution in [0.15, 0.2) is 29.9 Å². The highest BCUT2D eigenvalue weighted by molar-refractivity contribution is 14.1. The minimum atomic E-state index is 0.201. The maximum Gasteiger partial charge on any atom is 0.171 e. The molecule has 1 aromatic carbocycles. The Morgan fingerprint density at radius 1 is 1.55 bits per heavy atom. The predicted octanol–water partition coefficient (Wildman–Crippen LogP) is 4.14. The standard InChI is InChI=1S/C16H19IO3/c1-11(5-6-13-4-3-7-20-13)8-12-9-14(17)16(18)15(10-12)19-2/h3-4,8-10,13,18H,5-7H2,1-2H3/b11-8+/t13-/m0/s1. The van der Waals surface area contributed by atoms with Crippen LogP contribution in [0.5, 0.6) is 11.5 Å². The van der Waals surface area contributed by atoms with Crippen molar-refractivity contribution in [2.45, 2.75) is 25.9 Å². The van der Waals surface area contributed by atoms with Crippen molar-refractivity contribution in [3.63, 3.8) is 0 Å². The first-order valence-corrected chi connectivity index (χ1v) is 7.70. The van der Waals surface area contributed by atoms with Crippen molar-refractivity contribution in [2.24, 2.45) is 0 Å². The predicted molar refractivity (Wildman–Crippen MR) is 89.1 cm³/mol. The van der Waals surface area contributed by atoms with Crippen LogP contribution in [0.4, 0.5) is 0 Å². The Kier molecular flexibility index (Phi) is 5.48. The molecule has 1 N–H and O–H groups in total. The Morgan fingerprint density at radius 2 is 2.35 bits per heavy atom. The van der Waals surface area contributed by atoms with Gasteiger partial charge in [-0.15, -0.1) is 0 Å². The largest absolute Gasteiger partial charge is 0.504 e. The van der Waals surface area contributed by atoms with E-state index in [1.54, 1.807) is 7.11 Å². The van der Waals surface area contributed by atoms with E-state index in [1.807, 2.05) is 12.1 Å². The fraction of sp³-hybridized carbons (Fsp3) is 0.375. The van der Waals surface area contributed by atoms with Gasteiger partial charge in [-0.2, -0.15) is 0 Å². The number of phenols is 1. The van der Waals surface area contributed by atoms with Crippen LogP contribution in [0.2, 0.25) is 0 Å². The first kappa shape index (κ1) is 15.4. The lowest BCUT2D eigenvalue weighted by Crippen LogP contribution is -2.03. The van der Waals surface area contributed by atoms with Crippen LogP contribution >= 0.6 is 22.6 Å². The summed E-state index contributed by atoms with van der Waals surface area (Å²) >= 11 is 2.11. The summed E-state index contributed by atoms with van der Waals surface area (Å²) in [5, 5.41) is 9.83. The van der Waals surface area contributed by atoms with E-state index >= 15 is 0 Å². The van der Waals surface area contributed by atoms with Crippen LogP contribution in [-0.2, 0) is 4.74 Å². The molecule has 0 saturated carbocycles. The normalized spacial score (nSPS) is 18.6. The van der Waals surface area contributed by atoms with E-state index < -0.39 is 0 Å². The van der Waals surface area contributed by atoms with Gasteiger partial charge in [0.25, 0.3) is 0 Å². The summed E-state index contributed by atoms with van der Waals surface area (Å²) in [4.78, 5) is 0.